The third-order valence-electron chi connectivity index (χ3n) is 4.29. The van der Waals surface area contributed by atoms with E-state index >= 15 is 0 Å². The van der Waals surface area contributed by atoms with Gasteiger partial charge in [0.25, 0.3) is 0 Å². The summed E-state index contributed by atoms with van der Waals surface area (Å²) in [5.41, 5.74) is -1.70. The van der Waals surface area contributed by atoms with Crippen LogP contribution in [0.2, 0.25) is 0 Å². The minimum absolute atomic E-state index is 0.00521. The van der Waals surface area contributed by atoms with Crippen LogP contribution in [0.15, 0.2) is 41.4 Å². The topological polar surface area (TPSA) is 103 Å². The molecular formula is C18H9F3N2O4. The van der Waals surface area contributed by atoms with E-state index in [1.54, 1.807) is 0 Å². The van der Waals surface area contributed by atoms with Crippen molar-refractivity contribution in [2.24, 2.45) is 4.99 Å². The number of Topliss-reactive ketones (excluding diaryl/α,β-unsaturated/α-hetero) is 1. The number of nitrogens with one attached hydrogen (secondary N) is 1. The molecule has 0 saturated heterocycles. The first-order valence-corrected chi connectivity index (χ1v) is 7.60. The van der Waals surface area contributed by atoms with Crippen LogP contribution < -0.4 is 0 Å². The highest BCUT2D eigenvalue weighted by atomic mass is 19.4. The van der Waals surface area contributed by atoms with E-state index in [-0.39, 0.29) is 39.0 Å². The predicted molar refractivity (Wildman–Crippen MR) is 88.9 cm³/mol. The zero-order valence-corrected chi connectivity index (χ0v) is 13.3. The molecule has 2 heterocycles. The molecule has 0 radical (unpaired) electrons. The fourth-order valence-electron chi connectivity index (χ4n) is 3.10. The van der Waals surface area contributed by atoms with E-state index in [4.69, 9.17) is 5.11 Å². The van der Waals surface area contributed by atoms with Crippen molar-refractivity contribution in [2.75, 3.05) is 0 Å². The number of hydrogen-bond donors (Lipinski definition) is 3. The Balaban J connectivity index is 1.90. The standard InChI is InChI=1S/C18H9F3N2O4/c19-18(20,21)10-3-1-2-8-12(16(25)23-13(8)10)14-15(24)9-6-7(17(26)27)4-5-11(9)22-14/h1-6,23,25H,(H,26,27). The van der Waals surface area contributed by atoms with Crippen molar-refractivity contribution in [3.8, 4) is 5.88 Å². The summed E-state index contributed by atoms with van der Waals surface area (Å²) >= 11 is 0. The van der Waals surface area contributed by atoms with E-state index in [1.165, 1.54) is 18.2 Å². The molecule has 1 aromatic heterocycles. The average Bonchev–Trinajstić information content (AvgIpc) is 3.09. The van der Waals surface area contributed by atoms with E-state index in [1.807, 2.05) is 0 Å². The van der Waals surface area contributed by atoms with Crippen LogP contribution in [0.25, 0.3) is 10.9 Å². The molecule has 4 rings (SSSR count). The number of alkyl halides is 3. The number of carbonyl (C=O) groups is 2. The second-order valence-corrected chi connectivity index (χ2v) is 5.90. The summed E-state index contributed by atoms with van der Waals surface area (Å²) in [6.45, 7) is 0. The minimum Gasteiger partial charge on any atom is -0.494 e. The lowest BCUT2D eigenvalue weighted by molar-refractivity contribution is -0.136. The lowest BCUT2D eigenvalue weighted by atomic mass is 9.99. The van der Waals surface area contributed by atoms with Gasteiger partial charge in [-0.05, 0) is 24.3 Å². The maximum atomic E-state index is 13.2. The predicted octanol–water partition coefficient (Wildman–Crippen LogP) is 3.91. The molecule has 0 aliphatic carbocycles. The van der Waals surface area contributed by atoms with Gasteiger partial charge in [-0.2, -0.15) is 13.2 Å². The number of ketones is 1. The Kier molecular flexibility index (Phi) is 3.39. The molecule has 1 aliphatic heterocycles. The second-order valence-electron chi connectivity index (χ2n) is 5.90. The van der Waals surface area contributed by atoms with Crippen molar-refractivity contribution < 1.29 is 33.0 Å². The number of halogens is 3. The summed E-state index contributed by atoms with van der Waals surface area (Å²) in [6.07, 6.45) is -4.66. The molecule has 9 heteroatoms. The Morgan fingerprint density at radius 1 is 1.15 bits per heavy atom. The third kappa shape index (κ3) is 2.47. The molecule has 27 heavy (non-hydrogen) atoms. The molecule has 6 nitrogen and oxygen atoms in total. The number of rotatable bonds is 2. The molecule has 0 amide bonds. The lowest BCUT2D eigenvalue weighted by Crippen LogP contribution is -2.11. The Morgan fingerprint density at radius 2 is 1.89 bits per heavy atom. The van der Waals surface area contributed by atoms with Gasteiger partial charge in [-0.1, -0.05) is 12.1 Å². The monoisotopic (exact) mass is 374 g/mol. The van der Waals surface area contributed by atoms with Crippen molar-refractivity contribution in [3.63, 3.8) is 0 Å². The number of fused-ring (bicyclic) bond motifs is 2. The number of hydrogen-bond acceptors (Lipinski definition) is 4. The van der Waals surface area contributed by atoms with Gasteiger partial charge in [-0.3, -0.25) is 4.79 Å². The fraction of sp³-hybridized carbons (Fsp3) is 0.0556. The lowest BCUT2D eigenvalue weighted by Gasteiger charge is -2.07. The second kappa shape index (κ2) is 5.44. The molecule has 1 aliphatic rings. The number of aromatic carboxylic acids is 1. The van der Waals surface area contributed by atoms with Gasteiger partial charge in [0.2, 0.25) is 5.78 Å². The first-order valence-electron chi connectivity index (χ1n) is 7.60. The molecule has 0 unspecified atom stereocenters. The van der Waals surface area contributed by atoms with Crippen LogP contribution in [0.1, 0.15) is 31.8 Å². The largest absolute Gasteiger partial charge is 0.494 e. The molecule has 136 valence electrons. The quantitative estimate of drug-likeness (QED) is 0.633. The summed E-state index contributed by atoms with van der Waals surface area (Å²) < 4.78 is 39.6. The van der Waals surface area contributed by atoms with Gasteiger partial charge in [-0.25, -0.2) is 9.79 Å². The summed E-state index contributed by atoms with van der Waals surface area (Å²) in [7, 11) is 0. The smallest absolute Gasteiger partial charge is 0.418 e. The van der Waals surface area contributed by atoms with E-state index < -0.39 is 29.4 Å². The molecule has 3 aromatic rings. The molecule has 2 aromatic carbocycles. The van der Waals surface area contributed by atoms with Crippen LogP contribution in [-0.2, 0) is 6.18 Å². The van der Waals surface area contributed by atoms with E-state index in [0.29, 0.717) is 0 Å². The van der Waals surface area contributed by atoms with Gasteiger partial charge in [0.05, 0.1) is 33.5 Å². The number of carboxylic acids is 1. The van der Waals surface area contributed by atoms with Gasteiger partial charge in [-0.15, -0.1) is 0 Å². The highest BCUT2D eigenvalue weighted by molar-refractivity contribution is 6.56. The number of carboxylic acid groups (broad SMARTS) is 1. The summed E-state index contributed by atoms with van der Waals surface area (Å²) in [6, 6.07) is 7.08. The van der Waals surface area contributed by atoms with Crippen LogP contribution in [0.5, 0.6) is 5.88 Å². The Bertz CT molecular complexity index is 1180. The molecule has 0 fully saturated rings. The number of aliphatic imine (C=N–C) groups is 1. The number of aromatic hydroxyl groups is 1. The van der Waals surface area contributed by atoms with Crippen LogP contribution in [0.3, 0.4) is 0 Å². The first kappa shape index (κ1) is 16.8. The van der Waals surface area contributed by atoms with E-state index in [9.17, 15) is 27.9 Å². The maximum Gasteiger partial charge on any atom is 0.418 e. The zero-order valence-electron chi connectivity index (χ0n) is 13.3. The Labute approximate surface area is 148 Å². The van der Waals surface area contributed by atoms with Crippen LogP contribution in [0, 0.1) is 0 Å². The van der Waals surface area contributed by atoms with Crippen molar-refractivity contribution >= 4 is 34.1 Å². The molecular weight excluding hydrogens is 365 g/mol. The molecule has 0 bridgehead atoms. The zero-order chi connectivity index (χ0) is 19.5. The van der Waals surface area contributed by atoms with Crippen LogP contribution in [-0.4, -0.2) is 32.7 Å². The maximum absolute atomic E-state index is 13.2. The normalized spacial score (nSPS) is 13.7. The van der Waals surface area contributed by atoms with Crippen molar-refractivity contribution in [3.05, 3.63) is 58.7 Å². The summed E-state index contributed by atoms with van der Waals surface area (Å²) in [5.74, 6) is -2.54. The Morgan fingerprint density at radius 3 is 2.56 bits per heavy atom. The third-order valence-corrected chi connectivity index (χ3v) is 4.29. The molecule has 0 atom stereocenters. The number of carbonyl (C=O) groups excluding carboxylic acids is 1. The van der Waals surface area contributed by atoms with Gasteiger partial charge in [0.1, 0.15) is 5.71 Å². The van der Waals surface area contributed by atoms with Gasteiger partial charge < -0.3 is 15.2 Å². The van der Waals surface area contributed by atoms with Gasteiger partial charge in [0.15, 0.2) is 5.88 Å². The van der Waals surface area contributed by atoms with Crippen LogP contribution >= 0.6 is 0 Å². The van der Waals surface area contributed by atoms with E-state index in [0.717, 1.165) is 18.2 Å². The summed E-state index contributed by atoms with van der Waals surface area (Å²) in [5, 5.41) is 19.2. The highest BCUT2D eigenvalue weighted by Crippen LogP contribution is 2.40. The Hall–Kier alpha value is -3.62. The van der Waals surface area contributed by atoms with Crippen molar-refractivity contribution in [2.45, 2.75) is 6.18 Å². The molecule has 0 spiro atoms. The number of aromatic amines is 1. The van der Waals surface area contributed by atoms with E-state index in [2.05, 4.69) is 9.98 Å². The average molecular weight is 374 g/mol. The minimum atomic E-state index is -4.66. The fourth-order valence-corrected chi connectivity index (χ4v) is 3.10. The van der Waals surface area contributed by atoms with Crippen LogP contribution in [0.4, 0.5) is 18.9 Å². The highest BCUT2D eigenvalue weighted by Gasteiger charge is 2.36. The summed E-state index contributed by atoms with van der Waals surface area (Å²) in [4.78, 5) is 30.1. The SMILES string of the molecule is O=C(O)c1ccc2c(c1)C(=O)C(c1c(O)[nH]c3c(C(F)(F)F)cccc13)=N2. The number of para-hydroxylation sites is 1. The molecule has 3 N–H and O–H groups in total. The number of benzene rings is 2. The molecule has 0 saturated carbocycles. The van der Waals surface area contributed by atoms with Gasteiger partial charge >= 0.3 is 12.1 Å². The number of nitrogens with zero attached hydrogens (tertiary/aromatic N) is 1. The van der Waals surface area contributed by atoms with Crippen molar-refractivity contribution in [1.82, 2.24) is 4.98 Å². The number of aromatic nitrogens is 1. The van der Waals surface area contributed by atoms with Gasteiger partial charge in [0, 0.05) is 5.39 Å². The van der Waals surface area contributed by atoms with Crippen molar-refractivity contribution in [1.29, 1.82) is 0 Å². The number of H-pyrrole nitrogens is 1. The first-order chi connectivity index (χ1) is 12.7.